The molecule has 0 heterocycles. The molecule has 1 aromatic carbocycles. The Morgan fingerprint density at radius 3 is 2.31 bits per heavy atom. The predicted octanol–water partition coefficient (Wildman–Crippen LogP) is 1.95. The molecule has 0 aliphatic carbocycles. The van der Waals surface area contributed by atoms with Crippen molar-refractivity contribution >= 4 is 5.91 Å². The van der Waals surface area contributed by atoms with Crippen LogP contribution in [0.3, 0.4) is 0 Å². The van der Waals surface area contributed by atoms with E-state index in [1.54, 1.807) is 0 Å². The van der Waals surface area contributed by atoms with Crippen LogP contribution in [0.1, 0.15) is 15.9 Å². The molecule has 0 aliphatic heterocycles. The SMILES string of the molecule is COc1cc(F)c(C(N)=O)c(C(F)(F)F)c1. The highest BCUT2D eigenvalue weighted by molar-refractivity contribution is 5.95. The van der Waals surface area contributed by atoms with E-state index in [2.05, 4.69) is 10.5 Å². The zero-order chi connectivity index (χ0) is 12.5. The van der Waals surface area contributed by atoms with Crippen molar-refractivity contribution in [2.75, 3.05) is 7.11 Å². The minimum atomic E-state index is -4.88. The largest absolute Gasteiger partial charge is 0.497 e. The van der Waals surface area contributed by atoms with Gasteiger partial charge in [-0.1, -0.05) is 0 Å². The summed E-state index contributed by atoms with van der Waals surface area (Å²) < 4.78 is 55.1. The van der Waals surface area contributed by atoms with E-state index in [1.807, 2.05) is 0 Å². The van der Waals surface area contributed by atoms with Gasteiger partial charge in [0.2, 0.25) is 0 Å². The van der Waals surface area contributed by atoms with Crippen molar-refractivity contribution in [1.82, 2.24) is 0 Å². The van der Waals surface area contributed by atoms with Gasteiger partial charge >= 0.3 is 6.18 Å². The van der Waals surface area contributed by atoms with Gasteiger partial charge in [0.25, 0.3) is 5.91 Å². The van der Waals surface area contributed by atoms with Gasteiger partial charge in [-0.3, -0.25) is 4.79 Å². The normalized spacial score (nSPS) is 11.3. The maximum atomic E-state index is 13.2. The summed E-state index contributed by atoms with van der Waals surface area (Å²) in [6.45, 7) is 0. The van der Waals surface area contributed by atoms with Crippen LogP contribution in [0.2, 0.25) is 0 Å². The van der Waals surface area contributed by atoms with E-state index in [9.17, 15) is 22.4 Å². The second-order valence-electron chi connectivity index (χ2n) is 2.89. The molecule has 3 nitrogen and oxygen atoms in total. The first-order valence-electron chi connectivity index (χ1n) is 4.02. The van der Waals surface area contributed by atoms with E-state index in [1.165, 1.54) is 0 Å². The van der Waals surface area contributed by atoms with Crippen LogP contribution in [0.25, 0.3) is 0 Å². The molecule has 0 saturated carbocycles. The van der Waals surface area contributed by atoms with Crippen molar-refractivity contribution < 1.29 is 27.1 Å². The molecule has 1 aromatic rings. The molecule has 0 aliphatic rings. The van der Waals surface area contributed by atoms with E-state index in [0.717, 1.165) is 7.11 Å². The Bertz CT molecular complexity index is 428. The first-order valence-corrected chi connectivity index (χ1v) is 4.02. The number of carbonyl (C=O) groups is 1. The molecule has 16 heavy (non-hydrogen) atoms. The number of hydrogen-bond acceptors (Lipinski definition) is 2. The minimum Gasteiger partial charge on any atom is -0.497 e. The van der Waals surface area contributed by atoms with Crippen LogP contribution in [0.5, 0.6) is 5.75 Å². The van der Waals surface area contributed by atoms with Gasteiger partial charge in [0.15, 0.2) is 0 Å². The van der Waals surface area contributed by atoms with Gasteiger partial charge in [0.1, 0.15) is 11.6 Å². The summed E-state index contributed by atoms with van der Waals surface area (Å²) in [5.74, 6) is -3.18. The third-order valence-electron chi connectivity index (χ3n) is 1.85. The number of carbonyl (C=O) groups excluding carboxylic acids is 1. The van der Waals surface area contributed by atoms with Crippen LogP contribution in [0, 0.1) is 5.82 Å². The number of primary amides is 1. The van der Waals surface area contributed by atoms with E-state index >= 15 is 0 Å². The highest BCUT2D eigenvalue weighted by Crippen LogP contribution is 2.35. The third kappa shape index (κ3) is 2.23. The van der Waals surface area contributed by atoms with Crippen molar-refractivity contribution in [3.8, 4) is 5.75 Å². The van der Waals surface area contributed by atoms with Gasteiger partial charge in [-0.2, -0.15) is 13.2 Å². The maximum absolute atomic E-state index is 13.2. The van der Waals surface area contributed by atoms with Crippen LogP contribution in [-0.2, 0) is 6.18 Å². The Morgan fingerprint density at radius 2 is 1.94 bits per heavy atom. The predicted molar refractivity (Wildman–Crippen MR) is 46.5 cm³/mol. The first-order chi connectivity index (χ1) is 7.27. The number of amides is 1. The number of methoxy groups -OCH3 is 1. The summed E-state index contributed by atoms with van der Waals surface area (Å²) in [6.07, 6.45) is -4.88. The summed E-state index contributed by atoms with van der Waals surface area (Å²) in [7, 11) is 1.08. The lowest BCUT2D eigenvalue weighted by Gasteiger charge is -2.13. The average Bonchev–Trinajstić information content (AvgIpc) is 2.14. The molecule has 0 saturated heterocycles. The lowest BCUT2D eigenvalue weighted by atomic mass is 10.1. The number of alkyl halides is 3. The highest BCUT2D eigenvalue weighted by Gasteiger charge is 2.37. The second kappa shape index (κ2) is 3.99. The maximum Gasteiger partial charge on any atom is 0.417 e. The zero-order valence-corrected chi connectivity index (χ0v) is 8.06. The number of nitrogens with two attached hydrogens (primary N) is 1. The Morgan fingerprint density at radius 1 is 1.38 bits per heavy atom. The summed E-state index contributed by atoms with van der Waals surface area (Å²) in [4.78, 5) is 10.7. The average molecular weight is 237 g/mol. The van der Waals surface area contributed by atoms with E-state index < -0.39 is 29.0 Å². The fourth-order valence-corrected chi connectivity index (χ4v) is 1.17. The molecule has 7 heteroatoms. The lowest BCUT2D eigenvalue weighted by Crippen LogP contribution is -2.20. The number of halogens is 4. The highest BCUT2D eigenvalue weighted by atomic mass is 19.4. The molecule has 0 unspecified atom stereocenters. The smallest absolute Gasteiger partial charge is 0.417 e. The second-order valence-corrected chi connectivity index (χ2v) is 2.89. The minimum absolute atomic E-state index is 0.338. The Hall–Kier alpha value is -1.79. The molecule has 0 radical (unpaired) electrons. The Labute approximate surface area is 87.8 Å². The third-order valence-corrected chi connectivity index (χ3v) is 1.85. The van der Waals surface area contributed by atoms with Crippen LogP contribution in [0.15, 0.2) is 12.1 Å². The van der Waals surface area contributed by atoms with Crippen LogP contribution in [0.4, 0.5) is 17.6 Å². The molecule has 1 amide bonds. The van der Waals surface area contributed by atoms with Crippen molar-refractivity contribution in [2.45, 2.75) is 6.18 Å². The van der Waals surface area contributed by atoms with Gasteiger partial charge in [-0.25, -0.2) is 4.39 Å². The lowest BCUT2D eigenvalue weighted by molar-refractivity contribution is -0.138. The van der Waals surface area contributed by atoms with E-state index in [-0.39, 0.29) is 5.75 Å². The Balaban J connectivity index is 3.53. The molecule has 0 atom stereocenters. The number of hydrogen-bond donors (Lipinski definition) is 1. The number of rotatable bonds is 2. The summed E-state index contributed by atoms with van der Waals surface area (Å²) in [5, 5.41) is 0. The van der Waals surface area contributed by atoms with Crippen molar-refractivity contribution in [3.05, 3.63) is 29.1 Å². The molecule has 0 bridgehead atoms. The van der Waals surface area contributed by atoms with Crippen LogP contribution >= 0.6 is 0 Å². The fourth-order valence-electron chi connectivity index (χ4n) is 1.17. The van der Waals surface area contributed by atoms with E-state index in [4.69, 9.17) is 0 Å². The van der Waals surface area contributed by atoms with E-state index in [0.29, 0.717) is 12.1 Å². The molecular formula is C9H7F4NO2. The fraction of sp³-hybridized carbons (Fsp3) is 0.222. The Kier molecular flexibility index (Phi) is 3.06. The summed E-state index contributed by atoms with van der Waals surface area (Å²) in [5.41, 5.74) is 2.05. The number of ether oxygens (including phenoxy) is 1. The van der Waals surface area contributed by atoms with Crippen LogP contribution in [-0.4, -0.2) is 13.0 Å². The molecule has 0 aromatic heterocycles. The van der Waals surface area contributed by atoms with Crippen molar-refractivity contribution in [3.63, 3.8) is 0 Å². The molecule has 2 N–H and O–H groups in total. The monoisotopic (exact) mass is 237 g/mol. The molecular weight excluding hydrogens is 230 g/mol. The van der Waals surface area contributed by atoms with Gasteiger partial charge in [0.05, 0.1) is 18.2 Å². The first kappa shape index (κ1) is 12.3. The molecule has 0 spiro atoms. The van der Waals surface area contributed by atoms with Crippen molar-refractivity contribution in [1.29, 1.82) is 0 Å². The van der Waals surface area contributed by atoms with Crippen molar-refractivity contribution in [2.24, 2.45) is 5.73 Å². The molecule has 0 fully saturated rings. The standard InChI is InChI=1S/C9H7F4NO2/c1-16-4-2-5(9(11,12)13)7(8(14)15)6(10)3-4/h2-3H,1H3,(H2,14,15). The topological polar surface area (TPSA) is 52.3 Å². The van der Waals surface area contributed by atoms with Gasteiger partial charge in [-0.05, 0) is 6.07 Å². The van der Waals surface area contributed by atoms with Gasteiger partial charge < -0.3 is 10.5 Å². The van der Waals surface area contributed by atoms with Crippen LogP contribution < -0.4 is 10.5 Å². The zero-order valence-electron chi connectivity index (χ0n) is 8.06. The molecule has 1 rings (SSSR count). The quantitative estimate of drug-likeness (QED) is 0.799. The van der Waals surface area contributed by atoms with Gasteiger partial charge in [0, 0.05) is 6.07 Å². The number of benzene rings is 1. The summed E-state index contributed by atoms with van der Waals surface area (Å²) >= 11 is 0. The van der Waals surface area contributed by atoms with Gasteiger partial charge in [-0.15, -0.1) is 0 Å². The summed E-state index contributed by atoms with van der Waals surface area (Å²) in [6, 6.07) is 1.18. The molecule has 88 valence electrons.